The summed E-state index contributed by atoms with van der Waals surface area (Å²) in [5.74, 6) is -0.143. The Kier molecular flexibility index (Phi) is 6.23. The Morgan fingerprint density at radius 2 is 2.00 bits per heavy atom. The predicted octanol–water partition coefficient (Wildman–Crippen LogP) is 3.53. The summed E-state index contributed by atoms with van der Waals surface area (Å²) in [5, 5.41) is 5.67. The fraction of sp³-hybridized carbons (Fsp3) is 0.381. The first-order valence-corrected chi connectivity index (χ1v) is 9.35. The molecular weight excluding hydrogens is 361 g/mol. The fourth-order valence-electron chi connectivity index (χ4n) is 3.66. The number of nitrogens with one attached hydrogen (secondary N) is 2. The number of anilines is 1. The summed E-state index contributed by atoms with van der Waals surface area (Å²) in [6, 6.07) is 8.62. The van der Waals surface area contributed by atoms with E-state index in [9.17, 15) is 14.0 Å². The molecule has 1 fully saturated rings. The molecule has 1 aliphatic carbocycles. The number of carbonyl (C=O) groups is 2. The van der Waals surface area contributed by atoms with E-state index in [1.54, 1.807) is 24.3 Å². The normalized spacial score (nSPS) is 19.0. The third-order valence-corrected chi connectivity index (χ3v) is 4.96. The Morgan fingerprint density at radius 3 is 2.75 bits per heavy atom. The predicted molar refractivity (Wildman–Crippen MR) is 104 cm³/mol. The number of pyridine rings is 1. The van der Waals surface area contributed by atoms with Crippen LogP contribution in [0.25, 0.3) is 11.1 Å². The van der Waals surface area contributed by atoms with Gasteiger partial charge in [-0.3, -0.25) is 9.59 Å². The van der Waals surface area contributed by atoms with Gasteiger partial charge in [0.1, 0.15) is 17.4 Å². The van der Waals surface area contributed by atoms with Crippen LogP contribution in [0.15, 0.2) is 36.5 Å². The van der Waals surface area contributed by atoms with Gasteiger partial charge in [-0.1, -0.05) is 24.6 Å². The maximum atomic E-state index is 14.4. The molecule has 2 amide bonds. The summed E-state index contributed by atoms with van der Waals surface area (Å²) < 4.78 is 19.7. The Bertz CT molecular complexity index is 872. The Balaban J connectivity index is 1.76. The SMILES string of the molecule is COc1ccccc1-c1cc(NC(=O)[C@H]2CCC[C@@H](NC(C)=O)C2)ncc1F. The monoisotopic (exact) mass is 385 g/mol. The van der Waals surface area contributed by atoms with Crippen LogP contribution in [0.5, 0.6) is 5.75 Å². The highest BCUT2D eigenvalue weighted by molar-refractivity contribution is 5.92. The van der Waals surface area contributed by atoms with Gasteiger partial charge < -0.3 is 15.4 Å². The van der Waals surface area contributed by atoms with Gasteiger partial charge in [0.2, 0.25) is 11.8 Å². The number of para-hydroxylation sites is 1. The van der Waals surface area contributed by atoms with Crippen LogP contribution in [-0.4, -0.2) is 29.9 Å². The van der Waals surface area contributed by atoms with Crippen LogP contribution >= 0.6 is 0 Å². The third kappa shape index (κ3) is 4.65. The van der Waals surface area contributed by atoms with E-state index < -0.39 is 5.82 Å². The van der Waals surface area contributed by atoms with Crippen molar-refractivity contribution in [1.29, 1.82) is 0 Å². The Morgan fingerprint density at radius 1 is 1.21 bits per heavy atom. The lowest BCUT2D eigenvalue weighted by molar-refractivity contribution is -0.123. The number of rotatable bonds is 5. The molecule has 3 rings (SSSR count). The number of hydrogen-bond acceptors (Lipinski definition) is 4. The summed E-state index contributed by atoms with van der Waals surface area (Å²) >= 11 is 0. The second kappa shape index (κ2) is 8.82. The van der Waals surface area contributed by atoms with Gasteiger partial charge in [0, 0.05) is 30.0 Å². The lowest BCUT2D eigenvalue weighted by Crippen LogP contribution is -2.40. The number of carbonyl (C=O) groups excluding carboxylic acids is 2. The number of ether oxygens (including phenoxy) is 1. The second-order valence-corrected chi connectivity index (χ2v) is 7.00. The molecule has 0 spiro atoms. The molecule has 0 bridgehead atoms. The fourth-order valence-corrected chi connectivity index (χ4v) is 3.66. The van der Waals surface area contributed by atoms with Crippen molar-refractivity contribution in [3.63, 3.8) is 0 Å². The van der Waals surface area contributed by atoms with Gasteiger partial charge in [-0.15, -0.1) is 0 Å². The molecule has 0 aliphatic heterocycles. The zero-order valence-electron chi connectivity index (χ0n) is 16.0. The Hall–Kier alpha value is -2.96. The number of halogens is 1. The number of hydrogen-bond donors (Lipinski definition) is 2. The molecule has 7 heteroatoms. The van der Waals surface area contributed by atoms with Gasteiger partial charge in [-0.25, -0.2) is 9.37 Å². The van der Waals surface area contributed by atoms with Crippen molar-refractivity contribution in [2.24, 2.45) is 5.92 Å². The summed E-state index contributed by atoms with van der Waals surface area (Å²) in [7, 11) is 1.52. The molecule has 1 aromatic carbocycles. The molecule has 2 N–H and O–H groups in total. The van der Waals surface area contributed by atoms with Gasteiger partial charge in [0.05, 0.1) is 13.3 Å². The van der Waals surface area contributed by atoms with Crippen LogP contribution in [0, 0.1) is 11.7 Å². The van der Waals surface area contributed by atoms with Gasteiger partial charge >= 0.3 is 0 Å². The van der Waals surface area contributed by atoms with E-state index in [-0.39, 0.29) is 29.6 Å². The lowest BCUT2D eigenvalue weighted by atomic mass is 9.85. The zero-order chi connectivity index (χ0) is 20.1. The lowest BCUT2D eigenvalue weighted by Gasteiger charge is -2.28. The largest absolute Gasteiger partial charge is 0.496 e. The molecule has 1 aromatic heterocycles. The second-order valence-electron chi connectivity index (χ2n) is 7.00. The minimum atomic E-state index is -0.495. The highest BCUT2D eigenvalue weighted by Gasteiger charge is 2.28. The number of amides is 2. The summed E-state index contributed by atoms with van der Waals surface area (Å²) in [6.07, 6.45) is 4.18. The number of aromatic nitrogens is 1. The molecule has 1 heterocycles. The number of methoxy groups -OCH3 is 1. The topological polar surface area (TPSA) is 80.3 Å². The number of benzene rings is 1. The van der Waals surface area contributed by atoms with E-state index >= 15 is 0 Å². The van der Waals surface area contributed by atoms with Crippen LogP contribution in [-0.2, 0) is 9.59 Å². The highest BCUT2D eigenvalue weighted by atomic mass is 19.1. The van der Waals surface area contributed by atoms with Crippen LogP contribution < -0.4 is 15.4 Å². The van der Waals surface area contributed by atoms with E-state index in [0.29, 0.717) is 23.3 Å². The van der Waals surface area contributed by atoms with Crippen molar-refractivity contribution < 1.29 is 18.7 Å². The van der Waals surface area contributed by atoms with Gasteiger partial charge in [-0.2, -0.15) is 0 Å². The quantitative estimate of drug-likeness (QED) is 0.825. The minimum Gasteiger partial charge on any atom is -0.496 e. The molecule has 2 aromatic rings. The first-order chi connectivity index (χ1) is 13.5. The molecule has 0 radical (unpaired) electrons. The summed E-state index contributed by atoms with van der Waals surface area (Å²) in [5.41, 5.74) is 0.895. The van der Waals surface area contributed by atoms with Gasteiger partial charge in [-0.05, 0) is 31.4 Å². The van der Waals surface area contributed by atoms with E-state index in [1.807, 2.05) is 0 Å². The van der Waals surface area contributed by atoms with E-state index in [2.05, 4.69) is 15.6 Å². The average molecular weight is 385 g/mol. The first kappa shape index (κ1) is 19.8. The molecule has 28 heavy (non-hydrogen) atoms. The molecule has 1 aliphatic rings. The summed E-state index contributed by atoms with van der Waals surface area (Å²) in [6.45, 7) is 1.48. The maximum absolute atomic E-state index is 14.4. The van der Waals surface area contributed by atoms with Crippen LogP contribution in [0.1, 0.15) is 32.6 Å². The summed E-state index contributed by atoms with van der Waals surface area (Å²) in [4.78, 5) is 27.9. The minimum absolute atomic E-state index is 0.00678. The van der Waals surface area contributed by atoms with Crippen molar-refractivity contribution in [3.8, 4) is 16.9 Å². The molecule has 148 valence electrons. The molecule has 1 saturated carbocycles. The van der Waals surface area contributed by atoms with E-state index in [1.165, 1.54) is 20.1 Å². The third-order valence-electron chi connectivity index (χ3n) is 4.96. The van der Waals surface area contributed by atoms with Crippen molar-refractivity contribution in [1.82, 2.24) is 10.3 Å². The average Bonchev–Trinajstić information content (AvgIpc) is 2.69. The van der Waals surface area contributed by atoms with Crippen LogP contribution in [0.4, 0.5) is 10.2 Å². The van der Waals surface area contributed by atoms with Gasteiger partial charge in [0.15, 0.2) is 0 Å². The van der Waals surface area contributed by atoms with E-state index in [0.717, 1.165) is 25.5 Å². The molecule has 0 saturated heterocycles. The molecule has 2 atom stereocenters. The van der Waals surface area contributed by atoms with Crippen LogP contribution in [0.3, 0.4) is 0 Å². The van der Waals surface area contributed by atoms with Crippen LogP contribution in [0.2, 0.25) is 0 Å². The van der Waals surface area contributed by atoms with Crippen molar-refractivity contribution in [2.75, 3.05) is 12.4 Å². The molecule has 6 nitrogen and oxygen atoms in total. The first-order valence-electron chi connectivity index (χ1n) is 9.35. The van der Waals surface area contributed by atoms with E-state index in [4.69, 9.17) is 4.74 Å². The molecule has 0 unspecified atom stereocenters. The van der Waals surface area contributed by atoms with Crippen molar-refractivity contribution in [3.05, 3.63) is 42.3 Å². The smallest absolute Gasteiger partial charge is 0.228 e. The zero-order valence-corrected chi connectivity index (χ0v) is 16.0. The Labute approximate surface area is 163 Å². The molecular formula is C21H24FN3O3. The van der Waals surface area contributed by atoms with Gasteiger partial charge in [0.25, 0.3) is 0 Å². The van der Waals surface area contributed by atoms with Crippen molar-refractivity contribution in [2.45, 2.75) is 38.6 Å². The highest BCUT2D eigenvalue weighted by Crippen LogP contribution is 2.33. The maximum Gasteiger partial charge on any atom is 0.228 e. The standard InChI is InChI=1S/C21H24FN3O3/c1-13(26)24-15-7-5-6-14(10-15)21(27)25-20-11-17(18(22)12-23-20)16-8-3-4-9-19(16)28-2/h3-4,8-9,11-12,14-15H,5-7,10H2,1-2H3,(H,24,26)(H,23,25,27)/t14-,15+/m0/s1. The number of nitrogens with zero attached hydrogens (tertiary/aromatic N) is 1. The van der Waals surface area contributed by atoms with Crippen molar-refractivity contribution >= 4 is 17.6 Å².